The minimum atomic E-state index is -0.491. The lowest BCUT2D eigenvalue weighted by Crippen LogP contribution is -2.36. The average Bonchev–Trinajstić information content (AvgIpc) is 2.17. The van der Waals surface area contributed by atoms with Gasteiger partial charge in [0.25, 0.3) is 5.91 Å². The van der Waals surface area contributed by atoms with Gasteiger partial charge in [-0.3, -0.25) is 14.6 Å². The Kier molecular flexibility index (Phi) is 4.20. The molecule has 0 bridgehead atoms. The first-order valence-electron chi connectivity index (χ1n) is 4.66. The third-order valence-electron chi connectivity index (χ3n) is 1.94. The summed E-state index contributed by atoms with van der Waals surface area (Å²) in [6, 6.07) is -0.0203. The summed E-state index contributed by atoms with van der Waals surface area (Å²) < 4.78 is 0. The van der Waals surface area contributed by atoms with Gasteiger partial charge in [-0.05, 0) is 12.5 Å². The van der Waals surface area contributed by atoms with Crippen molar-refractivity contribution in [2.45, 2.75) is 13.0 Å². The fourth-order valence-electron chi connectivity index (χ4n) is 1.31. The zero-order valence-corrected chi connectivity index (χ0v) is 8.69. The predicted molar refractivity (Wildman–Crippen MR) is 58.3 cm³/mol. The first-order chi connectivity index (χ1) is 7.15. The Morgan fingerprint density at radius 3 is 3.20 bits per heavy atom. The highest BCUT2D eigenvalue weighted by Crippen LogP contribution is 2.07. The second-order valence-electron chi connectivity index (χ2n) is 3.23. The second kappa shape index (κ2) is 5.43. The van der Waals surface area contributed by atoms with E-state index in [2.05, 4.69) is 17.1 Å². The molecule has 0 spiro atoms. The van der Waals surface area contributed by atoms with Crippen LogP contribution in [0, 0.1) is 0 Å². The number of carbonyl (C=O) groups is 1. The molecule has 15 heavy (non-hydrogen) atoms. The largest absolute Gasteiger partial charge is 0.364 e. The molecule has 0 aromatic carbocycles. The van der Waals surface area contributed by atoms with Crippen molar-refractivity contribution in [3.63, 3.8) is 0 Å². The Morgan fingerprint density at radius 1 is 1.93 bits per heavy atom. The molecule has 1 amide bonds. The number of primary amides is 1. The molecular formula is C10H15N3O2. The van der Waals surface area contributed by atoms with Crippen molar-refractivity contribution in [3.05, 3.63) is 24.3 Å². The van der Waals surface area contributed by atoms with E-state index in [1.54, 1.807) is 13.0 Å². The van der Waals surface area contributed by atoms with Crippen molar-refractivity contribution < 1.29 is 9.63 Å². The van der Waals surface area contributed by atoms with Gasteiger partial charge in [0.2, 0.25) is 0 Å². The SMILES string of the molecule is C=CCONC1C=C(C)C(C(N)=O)=NC1. The van der Waals surface area contributed by atoms with Crippen LogP contribution in [0.3, 0.4) is 0 Å². The van der Waals surface area contributed by atoms with Crippen LogP contribution in [0.1, 0.15) is 6.92 Å². The molecule has 0 fully saturated rings. The Bertz CT molecular complexity index is 321. The lowest BCUT2D eigenvalue weighted by Gasteiger charge is -2.18. The van der Waals surface area contributed by atoms with E-state index in [-0.39, 0.29) is 6.04 Å². The van der Waals surface area contributed by atoms with E-state index < -0.39 is 5.91 Å². The van der Waals surface area contributed by atoms with E-state index >= 15 is 0 Å². The fraction of sp³-hybridized carbons (Fsp3) is 0.400. The second-order valence-corrected chi connectivity index (χ2v) is 3.23. The van der Waals surface area contributed by atoms with Crippen LogP contribution in [0.5, 0.6) is 0 Å². The average molecular weight is 209 g/mol. The maximum atomic E-state index is 10.9. The van der Waals surface area contributed by atoms with Crippen LogP contribution >= 0.6 is 0 Å². The molecule has 0 radical (unpaired) electrons. The van der Waals surface area contributed by atoms with E-state index in [0.717, 1.165) is 5.57 Å². The first kappa shape index (κ1) is 11.6. The summed E-state index contributed by atoms with van der Waals surface area (Å²) in [6.45, 7) is 6.20. The van der Waals surface area contributed by atoms with Gasteiger partial charge in [-0.15, -0.1) is 6.58 Å². The highest BCUT2D eigenvalue weighted by Gasteiger charge is 2.17. The number of nitrogens with zero attached hydrogens (tertiary/aromatic N) is 1. The first-order valence-corrected chi connectivity index (χ1v) is 4.66. The van der Waals surface area contributed by atoms with Crippen LogP contribution in [0.15, 0.2) is 29.3 Å². The topological polar surface area (TPSA) is 76.7 Å². The lowest BCUT2D eigenvalue weighted by molar-refractivity contribution is -0.112. The Morgan fingerprint density at radius 2 is 2.67 bits per heavy atom. The molecule has 0 aromatic rings. The third kappa shape index (κ3) is 3.30. The number of rotatable bonds is 5. The summed E-state index contributed by atoms with van der Waals surface area (Å²) in [5.74, 6) is -0.491. The molecule has 1 atom stereocenters. The van der Waals surface area contributed by atoms with Gasteiger partial charge in [0.1, 0.15) is 5.71 Å². The minimum Gasteiger partial charge on any atom is -0.364 e. The van der Waals surface area contributed by atoms with Crippen LogP contribution in [0.25, 0.3) is 0 Å². The maximum absolute atomic E-state index is 10.9. The number of amides is 1. The van der Waals surface area contributed by atoms with Crippen LogP contribution in [-0.4, -0.2) is 30.8 Å². The van der Waals surface area contributed by atoms with Gasteiger partial charge < -0.3 is 5.73 Å². The molecule has 0 aromatic heterocycles. The maximum Gasteiger partial charge on any atom is 0.267 e. The third-order valence-corrected chi connectivity index (χ3v) is 1.94. The molecular weight excluding hydrogens is 194 g/mol. The molecule has 1 rings (SSSR count). The molecule has 1 aliphatic rings. The van der Waals surface area contributed by atoms with Crippen molar-refractivity contribution in [3.8, 4) is 0 Å². The number of hydrogen-bond donors (Lipinski definition) is 2. The van der Waals surface area contributed by atoms with Crippen LogP contribution < -0.4 is 11.2 Å². The van der Waals surface area contributed by atoms with Crippen LogP contribution in [-0.2, 0) is 9.63 Å². The highest BCUT2D eigenvalue weighted by molar-refractivity contribution is 6.44. The molecule has 5 nitrogen and oxygen atoms in total. The standard InChI is InChI=1S/C10H15N3O2/c1-3-4-15-13-8-5-7(2)9(10(11)14)12-6-8/h3,5,8,13H,1,4,6H2,2H3,(H2,11,14). The molecule has 3 N–H and O–H groups in total. The quantitative estimate of drug-likeness (QED) is 0.378. The number of nitrogens with two attached hydrogens (primary N) is 1. The van der Waals surface area contributed by atoms with E-state index in [4.69, 9.17) is 10.6 Å². The Hall–Kier alpha value is -1.46. The summed E-state index contributed by atoms with van der Waals surface area (Å²) in [7, 11) is 0. The summed E-state index contributed by atoms with van der Waals surface area (Å²) in [6.07, 6.45) is 3.51. The number of hydroxylamine groups is 1. The number of dihydropyridines is 1. The summed E-state index contributed by atoms with van der Waals surface area (Å²) >= 11 is 0. The zero-order valence-electron chi connectivity index (χ0n) is 8.69. The fourth-order valence-corrected chi connectivity index (χ4v) is 1.31. The van der Waals surface area contributed by atoms with Gasteiger partial charge in [-0.1, -0.05) is 12.2 Å². The zero-order chi connectivity index (χ0) is 11.3. The smallest absolute Gasteiger partial charge is 0.267 e. The van der Waals surface area contributed by atoms with Gasteiger partial charge in [0.15, 0.2) is 0 Å². The molecule has 1 heterocycles. The molecule has 5 heteroatoms. The predicted octanol–water partition coefficient (Wildman–Crippen LogP) is -0.0516. The van der Waals surface area contributed by atoms with Crippen molar-refractivity contribution in [1.82, 2.24) is 5.48 Å². The van der Waals surface area contributed by atoms with Gasteiger partial charge in [0, 0.05) is 0 Å². The lowest BCUT2D eigenvalue weighted by atomic mass is 10.1. The van der Waals surface area contributed by atoms with Gasteiger partial charge in [-0.25, -0.2) is 0 Å². The number of hydrogen-bond acceptors (Lipinski definition) is 4. The number of nitrogens with one attached hydrogen (secondary N) is 1. The Balaban J connectivity index is 2.50. The molecule has 0 aliphatic carbocycles. The summed E-state index contributed by atoms with van der Waals surface area (Å²) in [5.41, 5.74) is 9.07. The summed E-state index contributed by atoms with van der Waals surface area (Å²) in [5, 5.41) is 0. The molecule has 1 unspecified atom stereocenters. The van der Waals surface area contributed by atoms with Crippen LogP contribution in [0.2, 0.25) is 0 Å². The van der Waals surface area contributed by atoms with Crippen molar-refractivity contribution in [1.29, 1.82) is 0 Å². The van der Waals surface area contributed by atoms with Gasteiger partial charge in [-0.2, -0.15) is 5.48 Å². The molecule has 0 saturated heterocycles. The molecule has 0 saturated carbocycles. The van der Waals surface area contributed by atoms with Crippen molar-refractivity contribution in [2.75, 3.05) is 13.2 Å². The monoisotopic (exact) mass is 209 g/mol. The van der Waals surface area contributed by atoms with E-state index in [9.17, 15) is 4.79 Å². The summed E-state index contributed by atoms with van der Waals surface area (Å²) in [4.78, 5) is 20.1. The van der Waals surface area contributed by atoms with Crippen molar-refractivity contribution >= 4 is 11.6 Å². The number of aliphatic imine (C=N–C) groups is 1. The highest BCUT2D eigenvalue weighted by atomic mass is 16.6. The van der Waals surface area contributed by atoms with Gasteiger partial charge >= 0.3 is 0 Å². The van der Waals surface area contributed by atoms with Gasteiger partial charge in [0.05, 0.1) is 19.2 Å². The van der Waals surface area contributed by atoms with E-state index in [1.165, 1.54) is 0 Å². The molecule has 82 valence electrons. The minimum absolute atomic E-state index is 0.0203. The number of carbonyl (C=O) groups excluding carboxylic acids is 1. The Labute approximate surface area is 88.7 Å². The van der Waals surface area contributed by atoms with Crippen molar-refractivity contribution in [2.24, 2.45) is 10.7 Å². The van der Waals surface area contributed by atoms with E-state index in [0.29, 0.717) is 18.9 Å². The van der Waals surface area contributed by atoms with Crippen LogP contribution in [0.4, 0.5) is 0 Å². The van der Waals surface area contributed by atoms with E-state index in [1.807, 2.05) is 6.08 Å². The normalized spacial score (nSPS) is 20.5. The molecule has 1 aliphatic heterocycles.